The summed E-state index contributed by atoms with van der Waals surface area (Å²) in [6.07, 6.45) is 2.15. The fourth-order valence-electron chi connectivity index (χ4n) is 1.32. The van der Waals surface area contributed by atoms with Crippen molar-refractivity contribution >= 4 is 11.6 Å². The molecular weight excluding hydrogens is 224 g/mol. The van der Waals surface area contributed by atoms with Crippen molar-refractivity contribution in [1.29, 1.82) is 0 Å². The maximum atomic E-state index is 11.4. The lowest BCUT2D eigenvalue weighted by Crippen LogP contribution is -2.31. The lowest BCUT2D eigenvalue weighted by Gasteiger charge is -2.10. The van der Waals surface area contributed by atoms with Gasteiger partial charge in [-0.3, -0.25) is 19.1 Å². The maximum Gasteiger partial charge on any atom is 0.328 e. The summed E-state index contributed by atoms with van der Waals surface area (Å²) in [5, 5.41) is 0. The Balaban J connectivity index is 2.65. The molecule has 0 aliphatic carbocycles. The molecule has 0 spiro atoms. The van der Waals surface area contributed by atoms with Crippen LogP contribution in [0.25, 0.3) is 0 Å². The second kappa shape index (κ2) is 5.33. The van der Waals surface area contributed by atoms with Crippen LogP contribution in [0.3, 0.4) is 0 Å². The summed E-state index contributed by atoms with van der Waals surface area (Å²) in [4.78, 5) is 37.3. The Kier molecular flexibility index (Phi) is 4.08. The normalized spacial score (nSPS) is 10.2. The fourth-order valence-corrected chi connectivity index (χ4v) is 1.32. The van der Waals surface area contributed by atoms with Gasteiger partial charge in [-0.1, -0.05) is 0 Å². The van der Waals surface area contributed by atoms with Gasteiger partial charge in [-0.25, -0.2) is 4.79 Å². The lowest BCUT2D eigenvalue weighted by atomic mass is 10.3. The summed E-state index contributed by atoms with van der Waals surface area (Å²) >= 11 is 0. The molecule has 0 saturated heterocycles. The van der Waals surface area contributed by atoms with Crippen LogP contribution in [0.5, 0.6) is 0 Å². The first-order valence-electron chi connectivity index (χ1n) is 5.21. The summed E-state index contributed by atoms with van der Waals surface area (Å²) in [7, 11) is 3.35. The topological polar surface area (TPSA) is 101 Å². The highest BCUT2D eigenvalue weighted by molar-refractivity contribution is 5.75. The van der Waals surface area contributed by atoms with Crippen molar-refractivity contribution in [2.24, 2.45) is 0 Å². The molecule has 17 heavy (non-hydrogen) atoms. The van der Waals surface area contributed by atoms with Gasteiger partial charge in [0.2, 0.25) is 5.91 Å². The Labute approximate surface area is 97.9 Å². The van der Waals surface area contributed by atoms with Crippen LogP contribution in [0, 0.1) is 0 Å². The second-order valence-electron chi connectivity index (χ2n) is 3.93. The van der Waals surface area contributed by atoms with Crippen LogP contribution in [0.4, 0.5) is 5.69 Å². The largest absolute Gasteiger partial charge is 0.393 e. The first kappa shape index (κ1) is 13.0. The van der Waals surface area contributed by atoms with Gasteiger partial charge in [0.05, 0.1) is 0 Å². The first-order valence-corrected chi connectivity index (χ1v) is 5.21. The van der Waals surface area contributed by atoms with Gasteiger partial charge in [0, 0.05) is 33.3 Å². The molecule has 1 rings (SSSR count). The number of nitrogens with two attached hydrogens (primary N) is 1. The molecule has 1 aromatic rings. The number of anilines is 1. The summed E-state index contributed by atoms with van der Waals surface area (Å²) < 4.78 is 1.29. The third-order valence-electron chi connectivity index (χ3n) is 2.33. The Morgan fingerprint density at radius 2 is 2.12 bits per heavy atom. The molecule has 3 N–H and O–H groups in total. The van der Waals surface area contributed by atoms with E-state index < -0.39 is 11.2 Å². The van der Waals surface area contributed by atoms with Crippen LogP contribution in [0.1, 0.15) is 12.8 Å². The van der Waals surface area contributed by atoms with E-state index in [1.54, 1.807) is 14.1 Å². The number of H-pyrrole nitrogens is 1. The number of aryl methyl sites for hydroxylation is 1. The standard InChI is InChI=1S/C10H16N4O3/c1-13(2)8(15)4-3-5-14-6-7(11)9(16)12-10(14)17/h6H,3-5,11H2,1-2H3,(H,12,16,17). The smallest absolute Gasteiger partial charge is 0.328 e. The van der Waals surface area contributed by atoms with Crippen LogP contribution in [0.15, 0.2) is 15.8 Å². The molecule has 1 aromatic heterocycles. The van der Waals surface area contributed by atoms with Crippen molar-refractivity contribution in [3.05, 3.63) is 27.0 Å². The van der Waals surface area contributed by atoms with Crippen LogP contribution in [0.2, 0.25) is 0 Å². The number of amides is 1. The monoisotopic (exact) mass is 240 g/mol. The number of nitrogens with zero attached hydrogens (tertiary/aromatic N) is 2. The minimum atomic E-state index is -0.587. The molecule has 0 radical (unpaired) electrons. The molecular formula is C10H16N4O3. The van der Waals surface area contributed by atoms with E-state index in [-0.39, 0.29) is 11.6 Å². The Hall–Kier alpha value is -2.05. The summed E-state index contributed by atoms with van der Waals surface area (Å²) in [5.74, 6) is -0.00422. The van der Waals surface area contributed by atoms with Crippen LogP contribution >= 0.6 is 0 Å². The number of rotatable bonds is 4. The predicted octanol–water partition coefficient (Wildman–Crippen LogP) is -1.01. The summed E-state index contributed by atoms with van der Waals surface area (Å²) in [6, 6.07) is 0. The van der Waals surface area contributed by atoms with Crippen molar-refractivity contribution < 1.29 is 4.79 Å². The quantitative estimate of drug-likeness (QED) is 0.703. The van der Waals surface area contributed by atoms with Crippen molar-refractivity contribution in [2.75, 3.05) is 19.8 Å². The molecule has 0 atom stereocenters. The minimum Gasteiger partial charge on any atom is -0.393 e. The molecule has 7 heteroatoms. The highest BCUT2D eigenvalue weighted by Gasteiger charge is 2.05. The number of hydrogen-bond donors (Lipinski definition) is 2. The molecule has 94 valence electrons. The van der Waals surface area contributed by atoms with Gasteiger partial charge in [0.15, 0.2) is 0 Å². The molecule has 1 amide bonds. The zero-order chi connectivity index (χ0) is 13.0. The van der Waals surface area contributed by atoms with Gasteiger partial charge in [0.1, 0.15) is 5.69 Å². The summed E-state index contributed by atoms with van der Waals surface area (Å²) in [6.45, 7) is 0.347. The van der Waals surface area contributed by atoms with Crippen molar-refractivity contribution in [2.45, 2.75) is 19.4 Å². The third kappa shape index (κ3) is 3.47. The highest BCUT2D eigenvalue weighted by Crippen LogP contribution is 1.97. The molecule has 0 aliphatic rings. The molecule has 7 nitrogen and oxygen atoms in total. The van der Waals surface area contributed by atoms with Crippen LogP contribution in [-0.4, -0.2) is 34.5 Å². The molecule has 0 aliphatic heterocycles. The van der Waals surface area contributed by atoms with E-state index in [9.17, 15) is 14.4 Å². The van der Waals surface area contributed by atoms with Crippen molar-refractivity contribution in [3.63, 3.8) is 0 Å². The average Bonchev–Trinajstić information content (AvgIpc) is 2.25. The summed E-state index contributed by atoms with van der Waals surface area (Å²) in [5.41, 5.74) is 4.28. The minimum absolute atomic E-state index is 0.00422. The van der Waals surface area contributed by atoms with E-state index in [0.717, 1.165) is 0 Å². The molecule has 0 bridgehead atoms. The fraction of sp³-hybridized carbons (Fsp3) is 0.500. The van der Waals surface area contributed by atoms with Gasteiger partial charge in [0.25, 0.3) is 5.56 Å². The molecule has 0 fully saturated rings. The Morgan fingerprint density at radius 3 is 2.71 bits per heavy atom. The predicted molar refractivity (Wildman–Crippen MR) is 63.7 cm³/mol. The SMILES string of the molecule is CN(C)C(=O)CCCn1cc(N)c(=O)[nH]c1=O. The molecule has 1 heterocycles. The zero-order valence-corrected chi connectivity index (χ0v) is 9.90. The number of hydrogen-bond acceptors (Lipinski definition) is 4. The number of carbonyl (C=O) groups is 1. The number of nitrogens with one attached hydrogen (secondary N) is 1. The molecule has 0 unspecified atom stereocenters. The second-order valence-corrected chi connectivity index (χ2v) is 3.93. The van der Waals surface area contributed by atoms with E-state index >= 15 is 0 Å². The first-order chi connectivity index (χ1) is 7.91. The van der Waals surface area contributed by atoms with Crippen LogP contribution < -0.4 is 17.0 Å². The van der Waals surface area contributed by atoms with E-state index in [2.05, 4.69) is 4.98 Å². The van der Waals surface area contributed by atoms with E-state index in [1.807, 2.05) is 0 Å². The molecule has 0 saturated carbocycles. The van der Waals surface area contributed by atoms with Gasteiger partial charge >= 0.3 is 5.69 Å². The number of aromatic amines is 1. The van der Waals surface area contributed by atoms with Crippen molar-refractivity contribution in [3.8, 4) is 0 Å². The van der Waals surface area contributed by atoms with Crippen LogP contribution in [-0.2, 0) is 11.3 Å². The molecule has 0 aromatic carbocycles. The Bertz CT molecular complexity index is 515. The van der Waals surface area contributed by atoms with Crippen molar-refractivity contribution in [1.82, 2.24) is 14.5 Å². The van der Waals surface area contributed by atoms with E-state index in [4.69, 9.17) is 5.73 Å². The van der Waals surface area contributed by atoms with Gasteiger partial charge in [-0.15, -0.1) is 0 Å². The number of carbonyl (C=O) groups excluding carboxylic acids is 1. The number of aromatic nitrogens is 2. The average molecular weight is 240 g/mol. The van der Waals surface area contributed by atoms with E-state index in [1.165, 1.54) is 15.7 Å². The van der Waals surface area contributed by atoms with Gasteiger partial charge in [-0.05, 0) is 6.42 Å². The lowest BCUT2D eigenvalue weighted by molar-refractivity contribution is -0.128. The third-order valence-corrected chi connectivity index (χ3v) is 2.33. The van der Waals surface area contributed by atoms with Gasteiger partial charge < -0.3 is 10.6 Å². The zero-order valence-electron chi connectivity index (χ0n) is 9.90. The highest BCUT2D eigenvalue weighted by atomic mass is 16.2. The Morgan fingerprint density at radius 1 is 1.47 bits per heavy atom. The maximum absolute atomic E-state index is 11.4. The van der Waals surface area contributed by atoms with E-state index in [0.29, 0.717) is 19.4 Å². The van der Waals surface area contributed by atoms with Gasteiger partial charge in [-0.2, -0.15) is 0 Å². The number of nitrogen functional groups attached to an aromatic ring is 1.